The van der Waals surface area contributed by atoms with Crippen LogP contribution < -0.4 is 5.32 Å². The molecule has 4 rings (SSSR count). The third kappa shape index (κ3) is 3.64. The van der Waals surface area contributed by atoms with Crippen LogP contribution in [0.1, 0.15) is 31.4 Å². The molecule has 0 radical (unpaired) electrons. The molecule has 1 spiro atoms. The Morgan fingerprint density at radius 3 is 2.88 bits per heavy atom. The van der Waals surface area contributed by atoms with Crippen LogP contribution in [0.4, 0.5) is 0 Å². The molecule has 0 unspecified atom stereocenters. The highest BCUT2D eigenvalue weighted by Gasteiger charge is 2.38. The number of hydrogen-bond donors (Lipinski definition) is 1. The van der Waals surface area contributed by atoms with Gasteiger partial charge >= 0.3 is 0 Å². The highest BCUT2D eigenvalue weighted by molar-refractivity contribution is 7.13. The third-order valence-electron chi connectivity index (χ3n) is 4.78. The number of ether oxygens (including phenoxy) is 2. The monoisotopic (exact) mass is 346 g/mol. The molecule has 7 heteroatoms. The zero-order valence-electron chi connectivity index (χ0n) is 13.6. The van der Waals surface area contributed by atoms with Crippen LogP contribution >= 0.6 is 11.3 Å². The summed E-state index contributed by atoms with van der Waals surface area (Å²) >= 11 is 1.59. The first-order chi connectivity index (χ1) is 11.8. The Morgan fingerprint density at radius 1 is 1.21 bits per heavy atom. The van der Waals surface area contributed by atoms with Gasteiger partial charge in [0.25, 0.3) is 0 Å². The Balaban J connectivity index is 1.34. The van der Waals surface area contributed by atoms with Crippen molar-refractivity contribution in [3.63, 3.8) is 0 Å². The Kier molecular flexibility index (Phi) is 4.84. The number of aromatic nitrogens is 3. The number of rotatable bonds is 4. The SMILES string of the molecule is c1cnc(-c2nc(CN[C@H]3CCOC4(CCOCC4)C3)cs2)nc1. The van der Waals surface area contributed by atoms with E-state index in [9.17, 15) is 0 Å². The summed E-state index contributed by atoms with van der Waals surface area (Å²) in [4.78, 5) is 13.2. The van der Waals surface area contributed by atoms with Gasteiger partial charge in [0, 0.05) is 50.2 Å². The van der Waals surface area contributed by atoms with Crippen molar-refractivity contribution in [2.45, 2.75) is 43.9 Å². The van der Waals surface area contributed by atoms with Crippen LogP contribution in [-0.4, -0.2) is 46.4 Å². The molecule has 0 aromatic carbocycles. The molecule has 4 heterocycles. The lowest BCUT2D eigenvalue weighted by Gasteiger charge is -2.43. The van der Waals surface area contributed by atoms with Crippen LogP contribution in [-0.2, 0) is 16.0 Å². The summed E-state index contributed by atoms with van der Waals surface area (Å²) in [6.45, 7) is 3.25. The quantitative estimate of drug-likeness (QED) is 0.917. The van der Waals surface area contributed by atoms with E-state index in [0.717, 1.165) is 62.8 Å². The maximum atomic E-state index is 6.10. The van der Waals surface area contributed by atoms with E-state index in [1.807, 2.05) is 6.07 Å². The topological polar surface area (TPSA) is 69.2 Å². The van der Waals surface area contributed by atoms with Gasteiger partial charge in [-0.3, -0.25) is 0 Å². The van der Waals surface area contributed by atoms with Crippen LogP contribution in [0.2, 0.25) is 0 Å². The largest absolute Gasteiger partial charge is 0.381 e. The van der Waals surface area contributed by atoms with E-state index >= 15 is 0 Å². The first-order valence-corrected chi connectivity index (χ1v) is 9.38. The van der Waals surface area contributed by atoms with Gasteiger partial charge in [-0.15, -0.1) is 11.3 Å². The van der Waals surface area contributed by atoms with Gasteiger partial charge in [-0.05, 0) is 31.7 Å². The number of thiazole rings is 1. The summed E-state index contributed by atoms with van der Waals surface area (Å²) in [5, 5.41) is 6.62. The van der Waals surface area contributed by atoms with E-state index in [1.165, 1.54) is 0 Å². The lowest BCUT2D eigenvalue weighted by Crippen LogP contribution is -2.49. The average Bonchev–Trinajstić information content (AvgIpc) is 3.11. The fourth-order valence-corrected chi connectivity index (χ4v) is 4.21. The van der Waals surface area contributed by atoms with Crippen molar-refractivity contribution < 1.29 is 9.47 Å². The molecule has 2 saturated heterocycles. The second-order valence-electron chi connectivity index (χ2n) is 6.43. The van der Waals surface area contributed by atoms with E-state index < -0.39 is 0 Å². The van der Waals surface area contributed by atoms with E-state index in [4.69, 9.17) is 9.47 Å². The summed E-state index contributed by atoms with van der Waals surface area (Å²) in [7, 11) is 0. The summed E-state index contributed by atoms with van der Waals surface area (Å²) in [6.07, 6.45) is 7.64. The predicted octanol–water partition coefficient (Wildman–Crippen LogP) is 2.42. The normalized spacial score (nSPS) is 23.4. The highest BCUT2D eigenvalue weighted by Crippen LogP contribution is 2.34. The maximum Gasteiger partial charge on any atom is 0.188 e. The molecular weight excluding hydrogens is 324 g/mol. The van der Waals surface area contributed by atoms with E-state index in [2.05, 4.69) is 25.6 Å². The molecule has 1 atom stereocenters. The molecule has 6 nitrogen and oxygen atoms in total. The zero-order valence-corrected chi connectivity index (χ0v) is 14.4. The number of nitrogens with zero attached hydrogens (tertiary/aromatic N) is 3. The van der Waals surface area contributed by atoms with Crippen LogP contribution in [0, 0.1) is 0 Å². The van der Waals surface area contributed by atoms with Gasteiger partial charge in [0.15, 0.2) is 10.8 Å². The molecule has 128 valence electrons. The van der Waals surface area contributed by atoms with Gasteiger partial charge in [-0.1, -0.05) is 0 Å². The van der Waals surface area contributed by atoms with Gasteiger partial charge in [0.05, 0.1) is 11.3 Å². The number of hydrogen-bond acceptors (Lipinski definition) is 7. The molecule has 0 bridgehead atoms. The summed E-state index contributed by atoms with van der Waals surface area (Å²) in [5.41, 5.74) is 1.08. The van der Waals surface area contributed by atoms with Gasteiger partial charge < -0.3 is 14.8 Å². The predicted molar refractivity (Wildman–Crippen MR) is 91.7 cm³/mol. The first-order valence-electron chi connectivity index (χ1n) is 8.50. The molecular formula is C17H22N4O2S. The van der Waals surface area contributed by atoms with Crippen molar-refractivity contribution >= 4 is 11.3 Å². The second kappa shape index (κ2) is 7.23. The lowest BCUT2D eigenvalue weighted by molar-refractivity contribution is -0.140. The van der Waals surface area contributed by atoms with Gasteiger partial charge in [-0.2, -0.15) is 0 Å². The second-order valence-corrected chi connectivity index (χ2v) is 7.29. The fraction of sp³-hybridized carbons (Fsp3) is 0.588. The van der Waals surface area contributed by atoms with Crippen molar-refractivity contribution in [2.75, 3.05) is 19.8 Å². The minimum atomic E-state index is 0.0271. The molecule has 24 heavy (non-hydrogen) atoms. The molecule has 2 aliphatic heterocycles. The standard InChI is InChI=1S/C17H22N4O2S/c1-5-18-15(19-6-1)16-21-14(12-24-16)11-20-13-2-7-23-17(10-13)3-8-22-9-4-17/h1,5-6,12-13,20H,2-4,7-11H2/t13-/m0/s1. The van der Waals surface area contributed by atoms with Crippen molar-refractivity contribution in [1.82, 2.24) is 20.3 Å². The first kappa shape index (κ1) is 16.1. The summed E-state index contributed by atoms with van der Waals surface area (Å²) in [6, 6.07) is 2.30. The average molecular weight is 346 g/mol. The lowest BCUT2D eigenvalue weighted by atomic mass is 9.84. The smallest absolute Gasteiger partial charge is 0.188 e. The van der Waals surface area contributed by atoms with E-state index in [0.29, 0.717) is 11.9 Å². The Hall–Kier alpha value is -1.41. The molecule has 2 aromatic heterocycles. The fourth-order valence-electron chi connectivity index (χ4n) is 3.44. The minimum Gasteiger partial charge on any atom is -0.381 e. The third-order valence-corrected chi connectivity index (χ3v) is 5.66. The van der Waals surface area contributed by atoms with Gasteiger partial charge in [-0.25, -0.2) is 15.0 Å². The van der Waals surface area contributed by atoms with Crippen LogP contribution in [0.15, 0.2) is 23.8 Å². The molecule has 1 N–H and O–H groups in total. The van der Waals surface area contributed by atoms with Crippen LogP contribution in [0.25, 0.3) is 10.8 Å². The number of nitrogens with one attached hydrogen (secondary N) is 1. The van der Waals surface area contributed by atoms with Crippen molar-refractivity contribution in [3.05, 3.63) is 29.5 Å². The van der Waals surface area contributed by atoms with Crippen molar-refractivity contribution in [3.8, 4) is 10.8 Å². The van der Waals surface area contributed by atoms with Gasteiger partial charge in [0.1, 0.15) is 0 Å². The summed E-state index contributed by atoms with van der Waals surface area (Å²) < 4.78 is 11.6. The molecule has 0 amide bonds. The Morgan fingerprint density at radius 2 is 2.04 bits per heavy atom. The highest BCUT2D eigenvalue weighted by atomic mass is 32.1. The van der Waals surface area contributed by atoms with Crippen molar-refractivity contribution in [2.24, 2.45) is 0 Å². The van der Waals surface area contributed by atoms with Gasteiger partial charge in [0.2, 0.25) is 0 Å². The molecule has 2 aromatic rings. The Bertz CT molecular complexity index is 652. The Labute approximate surface area is 145 Å². The molecule has 0 saturated carbocycles. The molecule has 0 aliphatic carbocycles. The maximum absolute atomic E-state index is 6.10. The molecule has 2 aliphatic rings. The van der Waals surface area contributed by atoms with E-state index in [1.54, 1.807) is 23.7 Å². The minimum absolute atomic E-state index is 0.0271. The molecule has 2 fully saturated rings. The summed E-state index contributed by atoms with van der Waals surface area (Å²) in [5.74, 6) is 0.695. The van der Waals surface area contributed by atoms with E-state index in [-0.39, 0.29) is 5.60 Å². The van der Waals surface area contributed by atoms with Crippen molar-refractivity contribution in [1.29, 1.82) is 0 Å². The zero-order chi connectivity index (χ0) is 16.2. The van der Waals surface area contributed by atoms with Crippen LogP contribution in [0.3, 0.4) is 0 Å². The van der Waals surface area contributed by atoms with Crippen LogP contribution in [0.5, 0.6) is 0 Å².